The Bertz CT molecular complexity index is 174. The molecule has 0 aromatic rings. The SMILES string of the molecule is C=CC1C(=C)CCCC1(C)C.CC. The van der Waals surface area contributed by atoms with E-state index in [1.165, 1.54) is 24.8 Å². The fourth-order valence-corrected chi connectivity index (χ4v) is 2.12. The molecule has 13 heavy (non-hydrogen) atoms. The van der Waals surface area contributed by atoms with Crippen molar-refractivity contribution in [1.29, 1.82) is 0 Å². The molecule has 0 aromatic carbocycles. The van der Waals surface area contributed by atoms with Gasteiger partial charge in [-0.05, 0) is 24.7 Å². The summed E-state index contributed by atoms with van der Waals surface area (Å²) in [5.74, 6) is 0.538. The number of hydrogen-bond donors (Lipinski definition) is 0. The van der Waals surface area contributed by atoms with Crippen LogP contribution in [0, 0.1) is 11.3 Å². The average Bonchev–Trinajstić information content (AvgIpc) is 2.07. The first-order valence-electron chi connectivity index (χ1n) is 5.38. The van der Waals surface area contributed by atoms with Gasteiger partial charge in [-0.25, -0.2) is 0 Å². The molecule has 0 radical (unpaired) electrons. The third kappa shape index (κ3) is 3.02. The first kappa shape index (κ1) is 12.5. The van der Waals surface area contributed by atoms with Gasteiger partial charge in [0, 0.05) is 5.92 Å². The molecule has 0 amide bonds. The Kier molecular flexibility index (Phi) is 5.05. The van der Waals surface area contributed by atoms with Gasteiger partial charge in [0.05, 0.1) is 0 Å². The van der Waals surface area contributed by atoms with E-state index in [4.69, 9.17) is 0 Å². The summed E-state index contributed by atoms with van der Waals surface area (Å²) in [4.78, 5) is 0. The second-order valence-electron chi connectivity index (χ2n) is 4.21. The lowest BCUT2D eigenvalue weighted by atomic mass is 9.67. The van der Waals surface area contributed by atoms with Crippen molar-refractivity contribution >= 4 is 0 Å². The highest BCUT2D eigenvalue weighted by atomic mass is 14.4. The summed E-state index contributed by atoms with van der Waals surface area (Å²) in [5.41, 5.74) is 1.77. The fraction of sp³-hybridized carbons (Fsp3) is 0.692. The zero-order chi connectivity index (χ0) is 10.5. The first-order valence-corrected chi connectivity index (χ1v) is 5.38. The molecular formula is C13H24. The van der Waals surface area contributed by atoms with Gasteiger partial charge < -0.3 is 0 Å². The van der Waals surface area contributed by atoms with Crippen molar-refractivity contribution in [3.63, 3.8) is 0 Å². The molecule has 0 saturated heterocycles. The molecule has 0 aromatic heterocycles. The van der Waals surface area contributed by atoms with Gasteiger partial charge in [0.15, 0.2) is 0 Å². The predicted molar refractivity (Wildman–Crippen MR) is 61.8 cm³/mol. The van der Waals surface area contributed by atoms with Gasteiger partial charge in [-0.3, -0.25) is 0 Å². The van der Waals surface area contributed by atoms with E-state index in [-0.39, 0.29) is 0 Å². The molecule has 0 bridgehead atoms. The van der Waals surface area contributed by atoms with Crippen molar-refractivity contribution in [1.82, 2.24) is 0 Å². The smallest absolute Gasteiger partial charge is 0.00226 e. The van der Waals surface area contributed by atoms with E-state index in [0.717, 1.165) is 0 Å². The molecule has 1 fully saturated rings. The molecule has 1 saturated carbocycles. The summed E-state index contributed by atoms with van der Waals surface area (Å²) in [5, 5.41) is 0. The van der Waals surface area contributed by atoms with E-state index in [2.05, 4.69) is 33.1 Å². The largest absolute Gasteiger partial charge is 0.102 e. The van der Waals surface area contributed by atoms with Crippen LogP contribution in [0.2, 0.25) is 0 Å². The Morgan fingerprint density at radius 2 is 1.92 bits per heavy atom. The van der Waals surface area contributed by atoms with Crippen LogP contribution in [-0.2, 0) is 0 Å². The summed E-state index contributed by atoms with van der Waals surface area (Å²) in [6, 6.07) is 0. The van der Waals surface area contributed by atoms with E-state index in [1.807, 2.05) is 13.8 Å². The van der Waals surface area contributed by atoms with Crippen molar-refractivity contribution in [3.05, 3.63) is 24.8 Å². The monoisotopic (exact) mass is 180 g/mol. The lowest BCUT2D eigenvalue weighted by Gasteiger charge is -2.38. The van der Waals surface area contributed by atoms with Gasteiger partial charge in [-0.15, -0.1) is 6.58 Å². The van der Waals surface area contributed by atoms with E-state index >= 15 is 0 Å². The van der Waals surface area contributed by atoms with E-state index in [0.29, 0.717) is 11.3 Å². The topological polar surface area (TPSA) is 0 Å². The molecule has 76 valence electrons. The van der Waals surface area contributed by atoms with E-state index in [9.17, 15) is 0 Å². The minimum atomic E-state index is 0.400. The van der Waals surface area contributed by atoms with Crippen LogP contribution in [0.25, 0.3) is 0 Å². The number of rotatable bonds is 1. The average molecular weight is 180 g/mol. The van der Waals surface area contributed by atoms with Crippen molar-refractivity contribution in [2.24, 2.45) is 11.3 Å². The quantitative estimate of drug-likeness (QED) is 0.518. The van der Waals surface area contributed by atoms with Gasteiger partial charge in [-0.1, -0.05) is 45.9 Å². The molecule has 1 aliphatic rings. The van der Waals surface area contributed by atoms with Gasteiger partial charge in [0.1, 0.15) is 0 Å². The Morgan fingerprint density at radius 1 is 1.38 bits per heavy atom. The maximum absolute atomic E-state index is 4.09. The zero-order valence-corrected chi connectivity index (χ0v) is 9.69. The Morgan fingerprint density at radius 3 is 2.23 bits per heavy atom. The molecule has 1 aliphatic carbocycles. The maximum Gasteiger partial charge on any atom is 0.00226 e. The summed E-state index contributed by atoms with van der Waals surface area (Å²) in [7, 11) is 0. The van der Waals surface area contributed by atoms with Gasteiger partial charge >= 0.3 is 0 Å². The molecular weight excluding hydrogens is 156 g/mol. The first-order chi connectivity index (χ1) is 6.08. The second-order valence-corrected chi connectivity index (χ2v) is 4.21. The number of hydrogen-bond acceptors (Lipinski definition) is 0. The Hall–Kier alpha value is -0.520. The summed E-state index contributed by atoms with van der Waals surface area (Å²) >= 11 is 0. The van der Waals surface area contributed by atoms with Crippen molar-refractivity contribution < 1.29 is 0 Å². The minimum Gasteiger partial charge on any atom is -0.102 e. The van der Waals surface area contributed by atoms with Crippen LogP contribution < -0.4 is 0 Å². The summed E-state index contributed by atoms with van der Waals surface area (Å²) in [6.07, 6.45) is 5.86. The van der Waals surface area contributed by atoms with E-state index < -0.39 is 0 Å². The fourth-order valence-electron chi connectivity index (χ4n) is 2.12. The molecule has 1 unspecified atom stereocenters. The normalized spacial score (nSPS) is 25.8. The molecule has 0 spiro atoms. The molecule has 0 heterocycles. The van der Waals surface area contributed by atoms with Crippen LogP contribution in [0.1, 0.15) is 47.0 Å². The second kappa shape index (κ2) is 5.26. The lowest BCUT2D eigenvalue weighted by molar-refractivity contribution is 0.228. The highest BCUT2D eigenvalue weighted by Gasteiger charge is 2.31. The minimum absolute atomic E-state index is 0.400. The Balaban J connectivity index is 0.000000671. The van der Waals surface area contributed by atoms with Crippen molar-refractivity contribution in [2.45, 2.75) is 47.0 Å². The highest BCUT2D eigenvalue weighted by Crippen LogP contribution is 2.43. The third-order valence-electron chi connectivity index (χ3n) is 2.84. The van der Waals surface area contributed by atoms with Crippen LogP contribution in [0.15, 0.2) is 24.8 Å². The van der Waals surface area contributed by atoms with Crippen LogP contribution in [0.5, 0.6) is 0 Å². The Labute approximate surface area is 83.7 Å². The maximum atomic E-state index is 4.09. The lowest BCUT2D eigenvalue weighted by Crippen LogP contribution is -2.27. The van der Waals surface area contributed by atoms with Crippen molar-refractivity contribution in [3.8, 4) is 0 Å². The molecule has 1 atom stereocenters. The molecule has 0 N–H and O–H groups in total. The predicted octanol–water partition coefficient (Wildman–Crippen LogP) is 4.58. The molecule has 0 aliphatic heterocycles. The van der Waals surface area contributed by atoms with Crippen LogP contribution in [-0.4, -0.2) is 0 Å². The van der Waals surface area contributed by atoms with E-state index in [1.54, 1.807) is 0 Å². The molecule has 1 rings (SSSR count). The standard InChI is InChI=1S/C11H18.C2H6/c1-5-10-9(2)7-6-8-11(10,3)4;1-2/h5,10H,1-2,6-8H2,3-4H3;1-2H3. The summed E-state index contributed by atoms with van der Waals surface area (Å²) < 4.78 is 0. The number of allylic oxidation sites excluding steroid dienone is 2. The van der Waals surface area contributed by atoms with Gasteiger partial charge in [-0.2, -0.15) is 0 Å². The van der Waals surface area contributed by atoms with Crippen LogP contribution in [0.3, 0.4) is 0 Å². The van der Waals surface area contributed by atoms with Gasteiger partial charge in [0.2, 0.25) is 0 Å². The van der Waals surface area contributed by atoms with Gasteiger partial charge in [0.25, 0.3) is 0 Å². The summed E-state index contributed by atoms with van der Waals surface area (Å²) in [6.45, 7) is 16.6. The zero-order valence-electron chi connectivity index (χ0n) is 9.69. The molecule has 0 heteroatoms. The third-order valence-corrected chi connectivity index (χ3v) is 2.84. The van der Waals surface area contributed by atoms with Crippen LogP contribution in [0.4, 0.5) is 0 Å². The molecule has 0 nitrogen and oxygen atoms in total. The highest BCUT2D eigenvalue weighted by molar-refractivity contribution is 5.15. The van der Waals surface area contributed by atoms with Crippen LogP contribution >= 0.6 is 0 Å². The van der Waals surface area contributed by atoms with Crippen molar-refractivity contribution in [2.75, 3.05) is 0 Å².